The lowest BCUT2D eigenvalue weighted by atomic mass is 10.1. The molecule has 1 saturated heterocycles. The van der Waals surface area contributed by atoms with Crippen molar-refractivity contribution in [2.45, 2.75) is 25.8 Å². The van der Waals surface area contributed by atoms with Gasteiger partial charge >= 0.3 is 0 Å². The summed E-state index contributed by atoms with van der Waals surface area (Å²) < 4.78 is 0. The monoisotopic (exact) mass is 318 g/mol. The normalized spacial score (nSPS) is 21.0. The number of thiophene rings is 1. The number of carbonyl (C=O) groups excluding carboxylic acids is 1. The molecule has 0 aromatic carbocycles. The third kappa shape index (κ3) is 2.94. The molecule has 0 aliphatic carbocycles. The molecule has 0 bridgehead atoms. The van der Waals surface area contributed by atoms with Crippen molar-refractivity contribution in [3.05, 3.63) is 40.6 Å². The summed E-state index contributed by atoms with van der Waals surface area (Å²) in [5.74, 6) is 1.10. The molecule has 2 aromatic heterocycles. The van der Waals surface area contributed by atoms with Crippen LogP contribution in [0.4, 0.5) is 0 Å². The molecule has 0 radical (unpaired) electrons. The van der Waals surface area contributed by atoms with Crippen molar-refractivity contribution in [1.29, 1.82) is 0 Å². The van der Waals surface area contributed by atoms with Crippen LogP contribution in [0.1, 0.15) is 36.5 Å². The quantitative estimate of drug-likeness (QED) is 0.942. The van der Waals surface area contributed by atoms with Crippen molar-refractivity contribution in [3.8, 4) is 0 Å². The SMILES string of the molecule is CCN1CCN(C(=O)[C@@H](C)c2cccs2)C[C@H]1c1ncc[nH]1. The lowest BCUT2D eigenvalue weighted by Gasteiger charge is -2.40. The molecule has 22 heavy (non-hydrogen) atoms. The minimum absolute atomic E-state index is 0.0644. The number of imidazole rings is 1. The molecule has 6 heteroatoms. The Morgan fingerprint density at radius 3 is 3.05 bits per heavy atom. The van der Waals surface area contributed by atoms with E-state index in [2.05, 4.69) is 21.8 Å². The average Bonchev–Trinajstić information content (AvgIpc) is 3.25. The molecule has 5 nitrogen and oxygen atoms in total. The standard InChI is InChI=1S/C16H22N4OS/c1-3-19-8-9-20(11-13(19)15-17-6-7-18-15)16(21)12(2)14-5-4-10-22-14/h4-7,10,12-13H,3,8-9,11H2,1-2H3,(H,17,18)/t12-,13-/m0/s1. The predicted octanol–water partition coefficient (Wildman–Crippen LogP) is 2.48. The first kappa shape index (κ1) is 15.2. The Balaban J connectivity index is 1.74. The highest BCUT2D eigenvalue weighted by Crippen LogP contribution is 2.27. The van der Waals surface area contributed by atoms with Crippen LogP contribution in [0.15, 0.2) is 29.9 Å². The third-order valence-electron chi connectivity index (χ3n) is 4.38. The molecule has 3 rings (SSSR count). The minimum atomic E-state index is -0.0644. The molecule has 1 fully saturated rings. The van der Waals surface area contributed by atoms with E-state index in [1.807, 2.05) is 35.5 Å². The number of aromatic amines is 1. The third-order valence-corrected chi connectivity index (χ3v) is 5.44. The first-order chi connectivity index (χ1) is 10.7. The van der Waals surface area contributed by atoms with Crippen LogP contribution in [0.5, 0.6) is 0 Å². The maximum Gasteiger partial charge on any atom is 0.230 e. The number of hydrogen-bond donors (Lipinski definition) is 1. The zero-order valence-electron chi connectivity index (χ0n) is 13.0. The van der Waals surface area contributed by atoms with Gasteiger partial charge in [-0.25, -0.2) is 4.98 Å². The molecular formula is C16H22N4OS. The zero-order chi connectivity index (χ0) is 15.5. The van der Waals surface area contributed by atoms with E-state index >= 15 is 0 Å². The molecule has 1 N–H and O–H groups in total. The van der Waals surface area contributed by atoms with E-state index in [1.54, 1.807) is 17.5 Å². The fourth-order valence-corrected chi connectivity index (χ4v) is 3.83. The lowest BCUT2D eigenvalue weighted by molar-refractivity contribution is -0.135. The second kappa shape index (κ2) is 6.62. The summed E-state index contributed by atoms with van der Waals surface area (Å²) in [6, 6.07) is 4.21. The van der Waals surface area contributed by atoms with Crippen molar-refractivity contribution in [3.63, 3.8) is 0 Å². The molecule has 3 heterocycles. The summed E-state index contributed by atoms with van der Waals surface area (Å²) in [6.07, 6.45) is 3.62. The van der Waals surface area contributed by atoms with Gasteiger partial charge in [-0.3, -0.25) is 9.69 Å². The second-order valence-corrected chi connectivity index (χ2v) is 6.62. The van der Waals surface area contributed by atoms with E-state index in [9.17, 15) is 4.79 Å². The molecule has 0 saturated carbocycles. The van der Waals surface area contributed by atoms with Crippen LogP contribution in [0.3, 0.4) is 0 Å². The summed E-state index contributed by atoms with van der Waals surface area (Å²) in [4.78, 5) is 25.9. The topological polar surface area (TPSA) is 52.2 Å². The molecule has 2 aromatic rings. The van der Waals surface area contributed by atoms with Gasteiger partial charge in [0.25, 0.3) is 0 Å². The summed E-state index contributed by atoms with van der Waals surface area (Å²) in [5, 5.41) is 2.03. The highest BCUT2D eigenvalue weighted by Gasteiger charge is 2.33. The predicted molar refractivity (Wildman–Crippen MR) is 87.9 cm³/mol. The smallest absolute Gasteiger partial charge is 0.230 e. The van der Waals surface area contributed by atoms with Crippen LogP contribution in [0.25, 0.3) is 0 Å². The van der Waals surface area contributed by atoms with Gasteiger partial charge in [0.2, 0.25) is 5.91 Å². The zero-order valence-corrected chi connectivity index (χ0v) is 13.8. The van der Waals surface area contributed by atoms with Gasteiger partial charge in [-0.1, -0.05) is 13.0 Å². The Labute approximate surface area is 135 Å². The van der Waals surface area contributed by atoms with Crippen molar-refractivity contribution >= 4 is 17.2 Å². The van der Waals surface area contributed by atoms with Crippen LogP contribution in [0, 0.1) is 0 Å². The van der Waals surface area contributed by atoms with E-state index in [4.69, 9.17) is 0 Å². The molecule has 2 atom stereocenters. The number of rotatable bonds is 4. The Hall–Kier alpha value is -1.66. The summed E-state index contributed by atoms with van der Waals surface area (Å²) in [5.41, 5.74) is 0. The number of amides is 1. The number of hydrogen-bond acceptors (Lipinski definition) is 4. The van der Waals surface area contributed by atoms with Gasteiger partial charge in [0.1, 0.15) is 5.82 Å². The number of nitrogens with one attached hydrogen (secondary N) is 1. The molecule has 1 aliphatic rings. The molecule has 1 aliphatic heterocycles. The largest absolute Gasteiger partial charge is 0.347 e. The molecule has 118 valence electrons. The van der Waals surface area contributed by atoms with Crippen LogP contribution < -0.4 is 0 Å². The number of aromatic nitrogens is 2. The van der Waals surface area contributed by atoms with E-state index < -0.39 is 0 Å². The van der Waals surface area contributed by atoms with Gasteiger partial charge in [-0.2, -0.15) is 0 Å². The van der Waals surface area contributed by atoms with Gasteiger partial charge in [-0.05, 0) is 24.9 Å². The van der Waals surface area contributed by atoms with Crippen molar-refractivity contribution < 1.29 is 4.79 Å². The van der Waals surface area contributed by atoms with Crippen LogP contribution in [-0.2, 0) is 4.79 Å². The van der Waals surface area contributed by atoms with Crippen molar-refractivity contribution in [2.24, 2.45) is 0 Å². The number of nitrogens with zero attached hydrogens (tertiary/aromatic N) is 3. The van der Waals surface area contributed by atoms with Crippen molar-refractivity contribution in [1.82, 2.24) is 19.8 Å². The van der Waals surface area contributed by atoms with E-state index in [-0.39, 0.29) is 17.9 Å². The van der Waals surface area contributed by atoms with Gasteiger partial charge < -0.3 is 9.88 Å². The Morgan fingerprint density at radius 2 is 2.41 bits per heavy atom. The van der Waals surface area contributed by atoms with Gasteiger partial charge in [0.15, 0.2) is 0 Å². The number of piperazine rings is 1. The van der Waals surface area contributed by atoms with Crippen LogP contribution in [0.2, 0.25) is 0 Å². The van der Waals surface area contributed by atoms with Crippen molar-refractivity contribution in [2.75, 3.05) is 26.2 Å². The summed E-state index contributed by atoms with van der Waals surface area (Å²) >= 11 is 1.65. The maximum atomic E-state index is 12.8. The summed E-state index contributed by atoms with van der Waals surface area (Å²) in [7, 11) is 0. The van der Waals surface area contributed by atoms with E-state index in [0.29, 0.717) is 6.54 Å². The first-order valence-corrected chi connectivity index (χ1v) is 8.64. The molecular weight excluding hydrogens is 296 g/mol. The highest BCUT2D eigenvalue weighted by molar-refractivity contribution is 7.10. The van der Waals surface area contributed by atoms with Gasteiger partial charge in [0.05, 0.1) is 12.0 Å². The number of carbonyl (C=O) groups is 1. The van der Waals surface area contributed by atoms with Crippen LogP contribution in [-0.4, -0.2) is 51.9 Å². The molecule has 1 amide bonds. The van der Waals surface area contributed by atoms with Gasteiger partial charge in [0, 0.05) is 36.9 Å². The van der Waals surface area contributed by atoms with E-state index in [1.165, 1.54) is 0 Å². The first-order valence-electron chi connectivity index (χ1n) is 7.76. The summed E-state index contributed by atoms with van der Waals surface area (Å²) in [6.45, 7) is 7.51. The maximum absolute atomic E-state index is 12.8. The minimum Gasteiger partial charge on any atom is -0.347 e. The average molecular weight is 318 g/mol. The fourth-order valence-electron chi connectivity index (χ4n) is 3.05. The fraction of sp³-hybridized carbons (Fsp3) is 0.500. The Kier molecular flexibility index (Phi) is 4.59. The van der Waals surface area contributed by atoms with E-state index in [0.717, 1.165) is 30.3 Å². The highest BCUT2D eigenvalue weighted by atomic mass is 32.1. The molecule has 0 unspecified atom stereocenters. The second-order valence-electron chi connectivity index (χ2n) is 5.64. The number of H-pyrrole nitrogens is 1. The van der Waals surface area contributed by atoms with Crippen LogP contribution >= 0.6 is 11.3 Å². The lowest BCUT2D eigenvalue weighted by Crippen LogP contribution is -2.51. The number of likely N-dealkylation sites (N-methyl/N-ethyl adjacent to an activating group) is 1. The molecule has 0 spiro atoms. The Bertz CT molecular complexity index is 596. The van der Waals surface area contributed by atoms with Gasteiger partial charge in [-0.15, -0.1) is 11.3 Å². The Morgan fingerprint density at radius 1 is 1.55 bits per heavy atom.